The monoisotopic (exact) mass is 419 g/mol. The zero-order valence-electron chi connectivity index (χ0n) is 16.3. The minimum atomic E-state index is -0.573. The van der Waals surface area contributed by atoms with E-state index in [9.17, 15) is 14.0 Å². The Morgan fingerprint density at radius 1 is 1.31 bits per heavy atom. The van der Waals surface area contributed by atoms with Gasteiger partial charge in [-0.3, -0.25) is 4.90 Å². The molecule has 8 nitrogen and oxygen atoms in total. The van der Waals surface area contributed by atoms with E-state index >= 15 is 0 Å². The molecule has 1 heterocycles. The minimum absolute atomic E-state index is 0.0724. The van der Waals surface area contributed by atoms with Gasteiger partial charge in [-0.05, 0) is 19.2 Å². The summed E-state index contributed by atoms with van der Waals surface area (Å²) in [6.45, 7) is 0.349. The number of hydrogen-bond acceptors (Lipinski definition) is 6. The van der Waals surface area contributed by atoms with Crippen LogP contribution in [0.4, 0.5) is 25.4 Å². The summed E-state index contributed by atoms with van der Waals surface area (Å²) in [6, 6.07) is 9.81. The van der Waals surface area contributed by atoms with Gasteiger partial charge in [-0.1, -0.05) is 18.2 Å². The van der Waals surface area contributed by atoms with E-state index in [4.69, 9.17) is 4.74 Å². The standard InChI is InChI=1S/C19H22FN5O3S/c1-21-29-23-15-6-4-5-13(17(15)20)11-25-10-12-7-8-14(22-18(26)24(2)3)9-16(12)28-19(25)27/h4-9,21,23H,10-11H2,1-3H3,(H,22,26). The van der Waals surface area contributed by atoms with Crippen molar-refractivity contribution in [2.75, 3.05) is 31.2 Å². The second kappa shape index (κ2) is 9.01. The lowest BCUT2D eigenvalue weighted by atomic mass is 10.1. The largest absolute Gasteiger partial charge is 0.415 e. The van der Waals surface area contributed by atoms with Gasteiger partial charge in [-0.15, -0.1) is 0 Å². The zero-order valence-corrected chi connectivity index (χ0v) is 17.1. The van der Waals surface area contributed by atoms with Crippen LogP contribution in [0.1, 0.15) is 11.1 Å². The zero-order chi connectivity index (χ0) is 21.0. The maximum absolute atomic E-state index is 14.7. The van der Waals surface area contributed by atoms with Crippen molar-refractivity contribution in [3.8, 4) is 5.75 Å². The molecule has 0 atom stereocenters. The van der Waals surface area contributed by atoms with Gasteiger partial charge in [0.05, 0.1) is 18.8 Å². The molecule has 0 unspecified atom stereocenters. The third-order valence-electron chi connectivity index (χ3n) is 4.24. The van der Waals surface area contributed by atoms with Crippen LogP contribution in [0, 0.1) is 5.82 Å². The molecule has 3 amide bonds. The number of urea groups is 1. The molecule has 2 aromatic carbocycles. The Balaban J connectivity index is 1.74. The van der Waals surface area contributed by atoms with Gasteiger partial charge in [0.15, 0.2) is 5.82 Å². The predicted molar refractivity (Wildman–Crippen MR) is 111 cm³/mol. The van der Waals surface area contributed by atoms with Crippen LogP contribution >= 0.6 is 12.1 Å². The Hall–Kier alpha value is -2.98. The van der Waals surface area contributed by atoms with Crippen LogP contribution in [-0.2, 0) is 13.1 Å². The Morgan fingerprint density at radius 3 is 2.83 bits per heavy atom. The summed E-state index contributed by atoms with van der Waals surface area (Å²) < 4.78 is 25.8. The number of anilines is 2. The van der Waals surface area contributed by atoms with Crippen molar-refractivity contribution in [3.63, 3.8) is 0 Å². The highest BCUT2D eigenvalue weighted by atomic mass is 32.2. The highest BCUT2D eigenvalue weighted by molar-refractivity contribution is 7.98. The van der Waals surface area contributed by atoms with Crippen LogP contribution in [0.2, 0.25) is 0 Å². The summed E-state index contributed by atoms with van der Waals surface area (Å²) in [4.78, 5) is 27.0. The first-order valence-electron chi connectivity index (χ1n) is 8.83. The quantitative estimate of drug-likeness (QED) is 0.620. The number of nitrogens with one attached hydrogen (secondary N) is 3. The van der Waals surface area contributed by atoms with E-state index in [-0.39, 0.29) is 19.1 Å². The molecule has 29 heavy (non-hydrogen) atoms. The van der Waals surface area contributed by atoms with Crippen molar-refractivity contribution in [2.24, 2.45) is 0 Å². The molecule has 2 aromatic rings. The molecule has 1 aliphatic heterocycles. The molecular weight excluding hydrogens is 397 g/mol. The number of nitrogens with zero attached hydrogens (tertiary/aromatic N) is 2. The molecule has 3 N–H and O–H groups in total. The predicted octanol–water partition coefficient (Wildman–Crippen LogP) is 3.63. The van der Waals surface area contributed by atoms with Crippen LogP contribution in [0.15, 0.2) is 36.4 Å². The van der Waals surface area contributed by atoms with Gasteiger partial charge in [0.1, 0.15) is 5.75 Å². The Bertz CT molecular complexity index is 925. The lowest BCUT2D eigenvalue weighted by Gasteiger charge is -2.28. The Labute approximate surface area is 172 Å². The first kappa shape index (κ1) is 20.7. The van der Waals surface area contributed by atoms with E-state index in [2.05, 4.69) is 14.8 Å². The first-order chi connectivity index (χ1) is 13.9. The molecule has 0 fully saturated rings. The summed E-state index contributed by atoms with van der Waals surface area (Å²) in [5.41, 5.74) is 2.00. The Morgan fingerprint density at radius 2 is 2.10 bits per heavy atom. The highest BCUT2D eigenvalue weighted by Crippen LogP contribution is 2.31. The fourth-order valence-electron chi connectivity index (χ4n) is 2.73. The van der Waals surface area contributed by atoms with Gasteiger partial charge in [0.2, 0.25) is 0 Å². The molecule has 0 saturated heterocycles. The molecule has 3 rings (SSSR count). The normalized spacial score (nSPS) is 12.8. The molecule has 0 spiro atoms. The number of amides is 3. The van der Waals surface area contributed by atoms with E-state index < -0.39 is 11.9 Å². The van der Waals surface area contributed by atoms with E-state index in [1.807, 2.05) is 0 Å². The number of carbonyl (C=O) groups is 2. The molecule has 0 bridgehead atoms. The average Bonchev–Trinajstić information content (AvgIpc) is 2.69. The molecule has 0 radical (unpaired) electrons. The number of ether oxygens (including phenoxy) is 1. The van der Waals surface area contributed by atoms with Gasteiger partial charge in [0, 0.05) is 49.1 Å². The summed E-state index contributed by atoms with van der Waals surface area (Å²) >= 11 is 1.15. The fourth-order valence-corrected chi connectivity index (χ4v) is 3.10. The van der Waals surface area contributed by atoms with Crippen LogP contribution < -0.4 is 19.5 Å². The minimum Gasteiger partial charge on any atom is -0.410 e. The summed E-state index contributed by atoms with van der Waals surface area (Å²) in [5.74, 6) is -0.0419. The van der Waals surface area contributed by atoms with E-state index in [1.165, 1.54) is 9.80 Å². The molecule has 1 aliphatic rings. The van der Waals surface area contributed by atoms with Crippen LogP contribution in [0.5, 0.6) is 5.75 Å². The second-order valence-corrected chi connectivity index (χ2v) is 7.37. The van der Waals surface area contributed by atoms with Crippen molar-refractivity contribution < 1.29 is 18.7 Å². The maximum atomic E-state index is 14.7. The summed E-state index contributed by atoms with van der Waals surface area (Å²) in [5, 5.41) is 2.71. The van der Waals surface area contributed by atoms with Crippen LogP contribution in [0.25, 0.3) is 0 Å². The maximum Gasteiger partial charge on any atom is 0.415 e. The average molecular weight is 419 g/mol. The molecule has 154 valence electrons. The van der Waals surface area contributed by atoms with Crippen molar-refractivity contribution in [1.29, 1.82) is 0 Å². The molecule has 0 saturated carbocycles. The second-order valence-electron chi connectivity index (χ2n) is 6.56. The van der Waals surface area contributed by atoms with Gasteiger partial charge in [-0.25, -0.2) is 18.7 Å². The number of rotatable bonds is 6. The molecule has 10 heteroatoms. The summed E-state index contributed by atoms with van der Waals surface area (Å²) in [6.07, 6.45) is -0.573. The van der Waals surface area contributed by atoms with E-state index in [1.54, 1.807) is 57.5 Å². The third-order valence-corrected chi connectivity index (χ3v) is 4.77. The summed E-state index contributed by atoms with van der Waals surface area (Å²) in [7, 11) is 4.98. The van der Waals surface area contributed by atoms with E-state index in [0.29, 0.717) is 22.7 Å². The lowest BCUT2D eigenvalue weighted by molar-refractivity contribution is 0.134. The van der Waals surface area contributed by atoms with Crippen molar-refractivity contribution in [3.05, 3.63) is 53.3 Å². The molecular formula is C19H22FN5O3S. The third kappa shape index (κ3) is 4.90. The van der Waals surface area contributed by atoms with Gasteiger partial charge >= 0.3 is 12.1 Å². The Kier molecular flexibility index (Phi) is 6.45. The smallest absolute Gasteiger partial charge is 0.410 e. The van der Waals surface area contributed by atoms with Crippen LogP contribution in [-0.4, -0.2) is 43.1 Å². The number of benzene rings is 2. The van der Waals surface area contributed by atoms with Crippen molar-refractivity contribution in [1.82, 2.24) is 14.5 Å². The SMILES string of the molecule is CNSNc1cccc(CN2Cc3ccc(NC(=O)N(C)C)cc3OC2=O)c1F. The van der Waals surface area contributed by atoms with Crippen molar-refractivity contribution in [2.45, 2.75) is 13.1 Å². The number of fused-ring (bicyclic) bond motifs is 1. The molecule has 0 aliphatic carbocycles. The highest BCUT2D eigenvalue weighted by Gasteiger charge is 2.26. The number of hydrogen-bond donors (Lipinski definition) is 3. The topological polar surface area (TPSA) is 85.9 Å². The number of halogens is 1. The number of carbonyl (C=O) groups excluding carboxylic acids is 2. The fraction of sp³-hybridized carbons (Fsp3) is 0.263. The van der Waals surface area contributed by atoms with E-state index in [0.717, 1.165) is 17.7 Å². The van der Waals surface area contributed by atoms with Gasteiger partial charge in [0.25, 0.3) is 0 Å². The van der Waals surface area contributed by atoms with Gasteiger partial charge in [-0.2, -0.15) is 0 Å². The van der Waals surface area contributed by atoms with Crippen LogP contribution in [0.3, 0.4) is 0 Å². The lowest BCUT2D eigenvalue weighted by Crippen LogP contribution is -2.36. The molecule has 0 aromatic heterocycles. The van der Waals surface area contributed by atoms with Crippen molar-refractivity contribution >= 4 is 35.6 Å². The first-order valence-corrected chi connectivity index (χ1v) is 9.64. The van der Waals surface area contributed by atoms with Gasteiger partial charge < -0.3 is 19.7 Å².